The fourth-order valence-electron chi connectivity index (χ4n) is 2.73. The molecule has 0 bridgehead atoms. The highest BCUT2D eigenvalue weighted by Crippen LogP contribution is 2.43. The number of halogens is 4. The van der Waals surface area contributed by atoms with Crippen molar-refractivity contribution in [3.05, 3.63) is 70.7 Å². The van der Waals surface area contributed by atoms with Gasteiger partial charge in [-0.1, -0.05) is 54.1 Å². The maximum atomic E-state index is 13.8. The quantitative estimate of drug-likeness (QED) is 0.837. The van der Waals surface area contributed by atoms with Crippen molar-refractivity contribution < 1.29 is 22.8 Å². The summed E-state index contributed by atoms with van der Waals surface area (Å²) in [5, 5.41) is 2.28. The molecule has 25 heavy (non-hydrogen) atoms. The number of nitrogens with zero attached hydrogens (tertiary/aromatic N) is 1. The first-order valence-electron chi connectivity index (χ1n) is 7.26. The van der Waals surface area contributed by atoms with E-state index in [0.717, 1.165) is 12.1 Å². The van der Waals surface area contributed by atoms with Crippen molar-refractivity contribution in [2.24, 2.45) is 0 Å². The Bertz CT molecular complexity index is 809. The zero-order valence-corrected chi connectivity index (χ0v) is 13.4. The molecule has 1 N–H and O–H groups in total. The Kier molecular flexibility index (Phi) is 4.20. The maximum absolute atomic E-state index is 13.8. The SMILES string of the molecule is O=C1N[C@@](c2ccccc2)(C(F)(F)F)C(=O)N1Cc1ccc(Cl)cc1. The first-order chi connectivity index (χ1) is 11.8. The number of rotatable bonds is 3. The van der Waals surface area contributed by atoms with Gasteiger partial charge in [0.25, 0.3) is 5.91 Å². The van der Waals surface area contributed by atoms with Gasteiger partial charge >= 0.3 is 12.2 Å². The summed E-state index contributed by atoms with van der Waals surface area (Å²) < 4.78 is 41.4. The molecule has 1 fully saturated rings. The molecular formula is C17H12ClF3N2O2. The van der Waals surface area contributed by atoms with Crippen LogP contribution in [-0.2, 0) is 16.9 Å². The molecule has 0 saturated carbocycles. The maximum Gasteiger partial charge on any atom is 0.425 e. The number of carbonyl (C=O) groups is 2. The largest absolute Gasteiger partial charge is 0.425 e. The third-order valence-electron chi connectivity index (χ3n) is 3.99. The average molecular weight is 369 g/mol. The van der Waals surface area contributed by atoms with Gasteiger partial charge in [-0.15, -0.1) is 0 Å². The van der Waals surface area contributed by atoms with Gasteiger partial charge in [0.2, 0.25) is 5.54 Å². The van der Waals surface area contributed by atoms with E-state index in [1.165, 1.54) is 30.3 Å². The van der Waals surface area contributed by atoms with Crippen molar-refractivity contribution in [1.82, 2.24) is 10.2 Å². The second-order valence-electron chi connectivity index (χ2n) is 5.56. The van der Waals surface area contributed by atoms with E-state index in [1.807, 2.05) is 5.32 Å². The van der Waals surface area contributed by atoms with E-state index in [1.54, 1.807) is 12.1 Å². The number of imide groups is 1. The van der Waals surface area contributed by atoms with Crippen LogP contribution < -0.4 is 5.32 Å². The van der Waals surface area contributed by atoms with Crippen LogP contribution in [0.15, 0.2) is 54.6 Å². The van der Waals surface area contributed by atoms with Crippen LogP contribution in [0.3, 0.4) is 0 Å². The molecule has 0 spiro atoms. The molecule has 2 aromatic carbocycles. The minimum atomic E-state index is -4.99. The lowest BCUT2D eigenvalue weighted by Crippen LogP contribution is -2.55. The Morgan fingerprint density at radius 1 is 1.00 bits per heavy atom. The Balaban J connectivity index is 2.01. The van der Waals surface area contributed by atoms with Crippen LogP contribution in [0.4, 0.5) is 18.0 Å². The Hall–Kier alpha value is -2.54. The molecule has 1 heterocycles. The summed E-state index contributed by atoms with van der Waals surface area (Å²) >= 11 is 5.76. The van der Waals surface area contributed by atoms with Gasteiger partial charge in [0.1, 0.15) is 0 Å². The number of benzene rings is 2. The van der Waals surface area contributed by atoms with Gasteiger partial charge in [-0.3, -0.25) is 9.69 Å². The zero-order valence-electron chi connectivity index (χ0n) is 12.7. The molecule has 3 amide bonds. The molecule has 0 radical (unpaired) electrons. The molecule has 0 unspecified atom stereocenters. The fourth-order valence-corrected chi connectivity index (χ4v) is 2.86. The normalized spacial score (nSPS) is 20.7. The molecule has 0 aliphatic carbocycles. The summed E-state index contributed by atoms with van der Waals surface area (Å²) in [5.41, 5.74) is -2.93. The molecule has 1 saturated heterocycles. The molecule has 1 aliphatic heterocycles. The van der Waals surface area contributed by atoms with E-state index in [0.29, 0.717) is 15.5 Å². The molecule has 1 atom stereocenters. The van der Waals surface area contributed by atoms with Crippen LogP contribution in [0, 0.1) is 0 Å². The van der Waals surface area contributed by atoms with E-state index in [4.69, 9.17) is 11.6 Å². The molecule has 0 aromatic heterocycles. The second kappa shape index (κ2) is 6.07. The number of hydrogen-bond donors (Lipinski definition) is 1. The van der Waals surface area contributed by atoms with Gasteiger partial charge < -0.3 is 5.32 Å². The highest BCUT2D eigenvalue weighted by molar-refractivity contribution is 6.30. The van der Waals surface area contributed by atoms with Crippen molar-refractivity contribution >= 4 is 23.5 Å². The van der Waals surface area contributed by atoms with E-state index in [9.17, 15) is 22.8 Å². The standard InChI is InChI=1S/C17H12ClF3N2O2/c18-13-8-6-11(7-9-13)10-23-14(24)16(17(19,20)21,22-15(23)25)12-4-2-1-3-5-12/h1-9H,10H2,(H,22,25)/t16-/m1/s1. The summed E-state index contributed by atoms with van der Waals surface area (Å²) in [7, 11) is 0. The first-order valence-corrected chi connectivity index (χ1v) is 7.64. The van der Waals surface area contributed by atoms with Gasteiger partial charge in [0.05, 0.1) is 6.54 Å². The van der Waals surface area contributed by atoms with Crippen LogP contribution in [0.2, 0.25) is 5.02 Å². The molecule has 1 aliphatic rings. The molecule has 2 aromatic rings. The van der Waals surface area contributed by atoms with E-state index >= 15 is 0 Å². The first kappa shape index (κ1) is 17.3. The molecule has 130 valence electrons. The summed E-state index contributed by atoms with van der Waals surface area (Å²) in [6, 6.07) is 11.7. The molecule has 3 rings (SSSR count). The minimum Gasteiger partial charge on any atom is -0.312 e. The third-order valence-corrected chi connectivity index (χ3v) is 4.24. The topological polar surface area (TPSA) is 49.4 Å². The van der Waals surface area contributed by atoms with Gasteiger partial charge in [-0.2, -0.15) is 13.2 Å². The summed E-state index contributed by atoms with van der Waals surface area (Å²) in [6.07, 6.45) is -4.99. The van der Waals surface area contributed by atoms with Gasteiger partial charge in [-0.05, 0) is 23.3 Å². The number of nitrogens with one attached hydrogen (secondary N) is 1. The number of hydrogen-bond acceptors (Lipinski definition) is 2. The van der Waals surface area contributed by atoms with E-state index in [-0.39, 0.29) is 12.1 Å². The van der Waals surface area contributed by atoms with E-state index in [2.05, 4.69) is 0 Å². The predicted octanol–water partition coefficient (Wildman–Crippen LogP) is 3.85. The van der Waals surface area contributed by atoms with E-state index < -0.39 is 23.7 Å². The minimum absolute atomic E-state index is 0.285. The van der Waals surface area contributed by atoms with Crippen LogP contribution >= 0.6 is 11.6 Å². The van der Waals surface area contributed by atoms with Crippen molar-refractivity contribution in [3.8, 4) is 0 Å². The number of urea groups is 1. The number of carbonyl (C=O) groups excluding carboxylic acids is 2. The lowest BCUT2D eigenvalue weighted by molar-refractivity contribution is -0.198. The highest BCUT2D eigenvalue weighted by Gasteiger charge is 2.68. The smallest absolute Gasteiger partial charge is 0.312 e. The Morgan fingerprint density at radius 3 is 2.16 bits per heavy atom. The Morgan fingerprint density at radius 2 is 1.60 bits per heavy atom. The lowest BCUT2D eigenvalue weighted by atomic mass is 9.89. The van der Waals surface area contributed by atoms with Crippen molar-refractivity contribution in [1.29, 1.82) is 0 Å². The van der Waals surface area contributed by atoms with Crippen LogP contribution in [0.5, 0.6) is 0 Å². The third kappa shape index (κ3) is 2.84. The van der Waals surface area contributed by atoms with Crippen molar-refractivity contribution in [3.63, 3.8) is 0 Å². The van der Waals surface area contributed by atoms with Crippen LogP contribution in [0.25, 0.3) is 0 Å². The van der Waals surface area contributed by atoms with Crippen LogP contribution in [0.1, 0.15) is 11.1 Å². The fraction of sp³-hybridized carbons (Fsp3) is 0.176. The van der Waals surface area contributed by atoms with Gasteiger partial charge in [0, 0.05) is 5.02 Å². The van der Waals surface area contributed by atoms with Gasteiger partial charge in [0.15, 0.2) is 0 Å². The second-order valence-corrected chi connectivity index (χ2v) is 6.00. The molecule has 8 heteroatoms. The molecule has 4 nitrogen and oxygen atoms in total. The zero-order chi connectivity index (χ0) is 18.2. The lowest BCUT2D eigenvalue weighted by Gasteiger charge is -2.29. The summed E-state index contributed by atoms with van der Waals surface area (Å²) in [4.78, 5) is 25.4. The predicted molar refractivity (Wildman–Crippen MR) is 84.7 cm³/mol. The number of alkyl halides is 3. The van der Waals surface area contributed by atoms with Crippen LogP contribution in [-0.4, -0.2) is 23.0 Å². The number of amides is 3. The summed E-state index contributed by atoms with van der Waals surface area (Å²) in [6.45, 7) is -0.285. The molecular weight excluding hydrogens is 357 g/mol. The monoisotopic (exact) mass is 368 g/mol. The van der Waals surface area contributed by atoms with Crippen molar-refractivity contribution in [2.45, 2.75) is 18.3 Å². The average Bonchev–Trinajstić information content (AvgIpc) is 2.83. The van der Waals surface area contributed by atoms with Gasteiger partial charge in [-0.25, -0.2) is 4.79 Å². The summed E-state index contributed by atoms with van der Waals surface area (Å²) in [5.74, 6) is -1.36. The van der Waals surface area contributed by atoms with Crippen molar-refractivity contribution in [2.75, 3.05) is 0 Å². The Labute approximate surface area is 146 Å². The highest BCUT2D eigenvalue weighted by atomic mass is 35.5.